The fraction of sp³-hybridized carbons (Fsp3) is 0.261. The summed E-state index contributed by atoms with van der Waals surface area (Å²) in [4.78, 5) is 37.8. The molecular formula is C23H22BrNO5. The average Bonchev–Trinajstić information content (AvgIpc) is 2.99. The highest BCUT2D eigenvalue weighted by Gasteiger charge is 2.45. The second kappa shape index (κ2) is 9.71. The highest BCUT2D eigenvalue weighted by molar-refractivity contribution is 9.10. The van der Waals surface area contributed by atoms with Gasteiger partial charge in [-0.1, -0.05) is 64.8 Å². The van der Waals surface area contributed by atoms with Crippen LogP contribution in [0.4, 0.5) is 0 Å². The predicted octanol–water partition coefficient (Wildman–Crippen LogP) is 4.52. The molecule has 0 saturated carbocycles. The molecule has 0 aromatic heterocycles. The van der Waals surface area contributed by atoms with Crippen molar-refractivity contribution in [2.24, 2.45) is 0 Å². The molecule has 6 nitrogen and oxygen atoms in total. The molecule has 3 rings (SSSR count). The zero-order valence-corrected chi connectivity index (χ0v) is 17.8. The van der Waals surface area contributed by atoms with Gasteiger partial charge in [-0.15, -0.1) is 0 Å². The van der Waals surface area contributed by atoms with Gasteiger partial charge in [-0.2, -0.15) is 0 Å². The number of hydrogen-bond donors (Lipinski definition) is 2. The van der Waals surface area contributed by atoms with Crippen LogP contribution in [0.1, 0.15) is 42.9 Å². The lowest BCUT2D eigenvalue weighted by Crippen LogP contribution is -2.30. The van der Waals surface area contributed by atoms with E-state index in [0.29, 0.717) is 31.4 Å². The molecule has 1 atom stereocenters. The number of hydrogen-bond acceptors (Lipinski definition) is 4. The normalized spacial score (nSPS) is 18.0. The van der Waals surface area contributed by atoms with Gasteiger partial charge in [0.25, 0.3) is 11.7 Å². The number of carboxylic acids is 1. The summed E-state index contributed by atoms with van der Waals surface area (Å²) < 4.78 is 0.861. The molecule has 2 aromatic rings. The van der Waals surface area contributed by atoms with Gasteiger partial charge in [0.2, 0.25) is 0 Å². The van der Waals surface area contributed by atoms with E-state index < -0.39 is 23.7 Å². The molecule has 156 valence electrons. The molecule has 1 heterocycles. The largest absolute Gasteiger partial charge is 0.507 e. The number of benzene rings is 2. The monoisotopic (exact) mass is 471 g/mol. The molecule has 1 aliphatic rings. The van der Waals surface area contributed by atoms with Gasteiger partial charge in [-0.3, -0.25) is 14.4 Å². The molecule has 0 spiro atoms. The van der Waals surface area contributed by atoms with E-state index >= 15 is 0 Å². The average molecular weight is 472 g/mol. The topological polar surface area (TPSA) is 94.9 Å². The number of aliphatic carboxylic acids is 1. The van der Waals surface area contributed by atoms with Crippen LogP contribution >= 0.6 is 15.9 Å². The second-order valence-electron chi connectivity index (χ2n) is 7.11. The summed E-state index contributed by atoms with van der Waals surface area (Å²) in [5, 5.41) is 19.7. The maximum atomic E-state index is 12.9. The van der Waals surface area contributed by atoms with Gasteiger partial charge in [0.15, 0.2) is 0 Å². The van der Waals surface area contributed by atoms with Crippen LogP contribution in [0.3, 0.4) is 0 Å². The molecule has 1 fully saturated rings. The van der Waals surface area contributed by atoms with E-state index in [1.54, 1.807) is 30.3 Å². The Labute approximate surface area is 183 Å². The molecule has 7 heteroatoms. The van der Waals surface area contributed by atoms with E-state index in [-0.39, 0.29) is 17.8 Å². The van der Waals surface area contributed by atoms with E-state index in [2.05, 4.69) is 15.9 Å². The van der Waals surface area contributed by atoms with E-state index in [0.717, 1.165) is 10.0 Å². The number of halogens is 1. The minimum Gasteiger partial charge on any atom is -0.507 e. The lowest BCUT2D eigenvalue weighted by Gasteiger charge is -2.25. The number of amides is 1. The molecule has 2 aromatic carbocycles. The van der Waals surface area contributed by atoms with Crippen molar-refractivity contribution in [2.75, 3.05) is 6.54 Å². The number of likely N-dealkylation sites (tertiary alicyclic amines) is 1. The van der Waals surface area contributed by atoms with Gasteiger partial charge in [-0.25, -0.2) is 0 Å². The van der Waals surface area contributed by atoms with E-state index in [1.807, 2.05) is 24.3 Å². The third-order valence-electron chi connectivity index (χ3n) is 5.06. The van der Waals surface area contributed by atoms with Gasteiger partial charge < -0.3 is 15.1 Å². The molecule has 1 unspecified atom stereocenters. The molecule has 0 bridgehead atoms. The van der Waals surface area contributed by atoms with Crippen LogP contribution in [0.2, 0.25) is 0 Å². The minimum atomic E-state index is -0.854. The number of Topliss-reactive ketones (excluding diaryl/α,β-unsaturated/α-hetero) is 1. The van der Waals surface area contributed by atoms with E-state index in [9.17, 15) is 19.5 Å². The maximum absolute atomic E-state index is 12.9. The fourth-order valence-electron chi connectivity index (χ4n) is 3.59. The summed E-state index contributed by atoms with van der Waals surface area (Å²) in [6.07, 6.45) is 1.77. The Balaban J connectivity index is 1.95. The lowest BCUT2D eigenvalue weighted by atomic mass is 9.95. The van der Waals surface area contributed by atoms with Crippen molar-refractivity contribution in [3.8, 4) is 0 Å². The number of carbonyl (C=O) groups is 3. The predicted molar refractivity (Wildman–Crippen MR) is 116 cm³/mol. The van der Waals surface area contributed by atoms with Crippen LogP contribution in [-0.2, 0) is 14.4 Å². The van der Waals surface area contributed by atoms with Crippen molar-refractivity contribution < 1.29 is 24.6 Å². The smallest absolute Gasteiger partial charge is 0.303 e. The first-order valence-electron chi connectivity index (χ1n) is 9.71. The second-order valence-corrected chi connectivity index (χ2v) is 8.03. The number of nitrogens with zero attached hydrogens (tertiary/aromatic N) is 1. The van der Waals surface area contributed by atoms with E-state index in [1.165, 1.54) is 4.90 Å². The summed E-state index contributed by atoms with van der Waals surface area (Å²) >= 11 is 3.39. The zero-order valence-electron chi connectivity index (χ0n) is 16.3. The van der Waals surface area contributed by atoms with Crippen LogP contribution in [0.15, 0.2) is 64.6 Å². The third-order valence-corrected chi connectivity index (χ3v) is 5.59. The highest BCUT2D eigenvalue weighted by atomic mass is 79.9. The number of aliphatic hydroxyl groups excluding tert-OH is 1. The molecule has 30 heavy (non-hydrogen) atoms. The van der Waals surface area contributed by atoms with Crippen LogP contribution < -0.4 is 0 Å². The highest BCUT2D eigenvalue weighted by Crippen LogP contribution is 2.39. The Bertz CT molecular complexity index is 969. The summed E-state index contributed by atoms with van der Waals surface area (Å²) in [5.74, 6) is -2.42. The summed E-state index contributed by atoms with van der Waals surface area (Å²) in [6, 6.07) is 15.3. The van der Waals surface area contributed by atoms with Gasteiger partial charge in [-0.05, 0) is 30.5 Å². The first-order valence-corrected chi connectivity index (χ1v) is 10.5. The molecule has 1 aliphatic heterocycles. The van der Waals surface area contributed by atoms with Gasteiger partial charge in [0, 0.05) is 23.0 Å². The third kappa shape index (κ3) is 4.79. The Kier molecular flexibility index (Phi) is 7.05. The van der Waals surface area contributed by atoms with Crippen molar-refractivity contribution >= 4 is 39.3 Å². The summed E-state index contributed by atoms with van der Waals surface area (Å²) in [7, 11) is 0. The minimum absolute atomic E-state index is 0.0686. The Morgan fingerprint density at radius 2 is 1.60 bits per heavy atom. The van der Waals surface area contributed by atoms with Crippen molar-refractivity contribution in [2.45, 2.75) is 31.7 Å². The van der Waals surface area contributed by atoms with Crippen LogP contribution in [-0.4, -0.2) is 39.3 Å². The fourth-order valence-corrected chi connectivity index (χ4v) is 3.85. The first kappa shape index (κ1) is 21.8. The standard InChI is InChI=1S/C23H22BrNO5/c24-17-12-10-15(11-13-17)20-19(21(28)16-7-3-1-4-8-16)22(29)23(30)25(20)14-6-2-5-9-18(26)27/h1,3-4,7-8,10-13,20,28H,2,5-6,9,14H2,(H,26,27)/b21-19+. The molecular weight excluding hydrogens is 450 g/mol. The number of aliphatic hydroxyl groups is 1. The van der Waals surface area contributed by atoms with E-state index in [4.69, 9.17) is 5.11 Å². The molecule has 2 N–H and O–H groups in total. The van der Waals surface area contributed by atoms with Gasteiger partial charge in [0.05, 0.1) is 11.6 Å². The Morgan fingerprint density at radius 1 is 0.933 bits per heavy atom. The van der Waals surface area contributed by atoms with Crippen LogP contribution in [0.25, 0.3) is 5.76 Å². The zero-order chi connectivity index (χ0) is 21.7. The number of unbranched alkanes of at least 4 members (excludes halogenated alkanes) is 2. The summed E-state index contributed by atoms with van der Waals surface area (Å²) in [6.45, 7) is 0.302. The van der Waals surface area contributed by atoms with Crippen molar-refractivity contribution in [1.82, 2.24) is 4.90 Å². The van der Waals surface area contributed by atoms with Crippen LogP contribution in [0, 0.1) is 0 Å². The SMILES string of the molecule is O=C(O)CCCCCN1C(=O)C(=O)/C(=C(/O)c2ccccc2)C1c1ccc(Br)cc1. The lowest BCUT2D eigenvalue weighted by molar-refractivity contribution is -0.140. The number of ketones is 1. The number of rotatable bonds is 8. The van der Waals surface area contributed by atoms with Crippen LogP contribution in [0.5, 0.6) is 0 Å². The first-order chi connectivity index (χ1) is 14.4. The van der Waals surface area contributed by atoms with Gasteiger partial charge in [0.1, 0.15) is 5.76 Å². The quantitative estimate of drug-likeness (QED) is 0.255. The number of carbonyl (C=O) groups excluding carboxylic acids is 2. The Hall–Kier alpha value is -2.93. The molecule has 1 saturated heterocycles. The van der Waals surface area contributed by atoms with Gasteiger partial charge >= 0.3 is 5.97 Å². The summed E-state index contributed by atoms with van der Waals surface area (Å²) in [5.41, 5.74) is 1.26. The molecule has 1 amide bonds. The number of carboxylic acid groups (broad SMARTS) is 1. The van der Waals surface area contributed by atoms with Crippen molar-refractivity contribution in [3.63, 3.8) is 0 Å². The van der Waals surface area contributed by atoms with Crippen molar-refractivity contribution in [3.05, 3.63) is 75.8 Å². The Morgan fingerprint density at radius 3 is 2.23 bits per heavy atom. The molecule has 0 aliphatic carbocycles. The van der Waals surface area contributed by atoms with Crippen molar-refractivity contribution in [1.29, 1.82) is 0 Å². The molecule has 0 radical (unpaired) electrons. The maximum Gasteiger partial charge on any atom is 0.303 e.